The maximum absolute atomic E-state index is 12.1. The van der Waals surface area contributed by atoms with Crippen LogP contribution in [0.4, 0.5) is 13.2 Å². The van der Waals surface area contributed by atoms with Crippen molar-refractivity contribution in [3.63, 3.8) is 0 Å². The van der Waals surface area contributed by atoms with Crippen LogP contribution in [-0.4, -0.2) is 38.0 Å². The normalized spacial score (nSPS) is 12.2. The Bertz CT molecular complexity index is 589. The summed E-state index contributed by atoms with van der Waals surface area (Å²) in [4.78, 5) is 16.4. The number of amides is 1. The summed E-state index contributed by atoms with van der Waals surface area (Å²) in [5.74, 6) is -0.594. The van der Waals surface area contributed by atoms with E-state index < -0.39 is 34.7 Å². The minimum atomic E-state index is -5.68. The largest absolute Gasteiger partial charge is 0.523 e. The number of halogens is 3. The Morgan fingerprint density at radius 1 is 1.23 bits per heavy atom. The quantitative estimate of drug-likeness (QED) is 0.430. The second-order valence-corrected chi connectivity index (χ2v) is 5.71. The molecule has 0 radical (unpaired) electrons. The molecular weight excluding hydrogens is 327 g/mol. The second-order valence-electron chi connectivity index (χ2n) is 4.10. The van der Waals surface area contributed by atoms with Gasteiger partial charge < -0.3 is 0 Å². The molecule has 0 aliphatic rings. The molecule has 0 saturated carbocycles. The van der Waals surface area contributed by atoms with Gasteiger partial charge >= 0.3 is 15.6 Å². The molecule has 0 unspecified atom stereocenters. The average Bonchev–Trinajstić information content (AvgIpc) is 2.42. The van der Waals surface area contributed by atoms with Crippen molar-refractivity contribution in [2.45, 2.75) is 19.0 Å². The van der Waals surface area contributed by atoms with Gasteiger partial charge in [0.15, 0.2) is 0 Å². The molecule has 1 rings (SSSR count). The molecule has 0 saturated heterocycles. The third-order valence-electron chi connectivity index (χ3n) is 2.40. The van der Waals surface area contributed by atoms with Gasteiger partial charge in [-0.2, -0.15) is 21.6 Å². The fourth-order valence-corrected chi connectivity index (χ4v) is 1.76. The monoisotopic (exact) mass is 341 g/mol. The van der Waals surface area contributed by atoms with Crippen molar-refractivity contribution in [3.8, 4) is 0 Å². The first-order valence-electron chi connectivity index (χ1n) is 6.04. The lowest BCUT2D eigenvalue weighted by molar-refractivity contribution is -0.191. The number of benzene rings is 1. The van der Waals surface area contributed by atoms with E-state index >= 15 is 0 Å². The molecule has 0 atom stereocenters. The van der Waals surface area contributed by atoms with Gasteiger partial charge in [-0.25, -0.2) is 5.06 Å². The fourth-order valence-electron chi connectivity index (χ4n) is 1.34. The lowest BCUT2D eigenvalue weighted by Gasteiger charge is -2.20. The van der Waals surface area contributed by atoms with Crippen molar-refractivity contribution in [3.05, 3.63) is 35.9 Å². The summed E-state index contributed by atoms with van der Waals surface area (Å²) in [6.45, 7) is -0.191. The van der Waals surface area contributed by atoms with Gasteiger partial charge in [0.1, 0.15) is 6.61 Å². The van der Waals surface area contributed by atoms with Crippen LogP contribution in [0.25, 0.3) is 0 Å². The van der Waals surface area contributed by atoms with E-state index in [4.69, 9.17) is 4.84 Å². The smallest absolute Gasteiger partial charge is 0.273 e. The zero-order valence-corrected chi connectivity index (χ0v) is 12.4. The van der Waals surface area contributed by atoms with Crippen LogP contribution >= 0.6 is 0 Å². The lowest BCUT2D eigenvalue weighted by atomic mass is 10.2. The Morgan fingerprint density at radius 3 is 2.32 bits per heavy atom. The van der Waals surface area contributed by atoms with Gasteiger partial charge in [-0.15, -0.1) is 0 Å². The van der Waals surface area contributed by atoms with Crippen LogP contribution < -0.4 is 0 Å². The summed E-state index contributed by atoms with van der Waals surface area (Å²) in [5.41, 5.74) is -4.77. The summed E-state index contributed by atoms with van der Waals surface area (Å²) < 4.78 is 61.4. The molecule has 1 amide bonds. The molecule has 124 valence electrons. The Morgan fingerprint density at radius 2 is 1.82 bits per heavy atom. The fraction of sp³-hybridized carbons (Fsp3) is 0.417. The molecule has 0 fully saturated rings. The SMILES string of the molecule is CC(=O)N(CCOS(=O)(=O)C(F)(F)F)OCc1ccccc1. The van der Waals surface area contributed by atoms with Gasteiger partial charge in [0.05, 0.1) is 13.2 Å². The molecule has 0 spiro atoms. The van der Waals surface area contributed by atoms with Gasteiger partial charge in [0.25, 0.3) is 0 Å². The predicted octanol–water partition coefficient (Wildman–Crippen LogP) is 1.83. The summed E-state index contributed by atoms with van der Waals surface area (Å²) in [5, 5.41) is 0.735. The standard InChI is InChI=1S/C12H14F3NO5S/c1-10(17)16(20-9-11-5-3-2-4-6-11)7-8-21-22(18,19)12(13,14)15/h2-6H,7-9H2,1H3. The molecule has 0 aliphatic carbocycles. The van der Waals surface area contributed by atoms with Crippen LogP contribution in [0.2, 0.25) is 0 Å². The molecule has 10 heteroatoms. The maximum atomic E-state index is 12.1. The number of hydrogen-bond acceptors (Lipinski definition) is 5. The van der Waals surface area contributed by atoms with Crippen molar-refractivity contribution >= 4 is 16.0 Å². The number of rotatable bonds is 7. The Hall–Kier alpha value is -1.65. The third kappa shape index (κ3) is 5.62. The van der Waals surface area contributed by atoms with Crippen molar-refractivity contribution in [1.82, 2.24) is 5.06 Å². The van der Waals surface area contributed by atoms with Crippen LogP contribution in [0.3, 0.4) is 0 Å². The first-order chi connectivity index (χ1) is 10.1. The van der Waals surface area contributed by atoms with E-state index in [0.29, 0.717) is 0 Å². The molecule has 0 aliphatic heterocycles. The van der Waals surface area contributed by atoms with Crippen molar-refractivity contribution in [1.29, 1.82) is 0 Å². The summed E-state index contributed by atoms with van der Waals surface area (Å²) in [6.07, 6.45) is 0. The Kier molecular flexibility index (Phi) is 6.33. The number of carbonyl (C=O) groups excluding carboxylic acids is 1. The number of carbonyl (C=O) groups is 1. The highest BCUT2D eigenvalue weighted by molar-refractivity contribution is 7.87. The number of alkyl halides is 3. The second kappa shape index (κ2) is 7.56. The van der Waals surface area contributed by atoms with Crippen LogP contribution in [0.5, 0.6) is 0 Å². The lowest BCUT2D eigenvalue weighted by Crippen LogP contribution is -2.34. The Labute approximate surface area is 125 Å². The molecular formula is C12H14F3NO5S. The minimum Gasteiger partial charge on any atom is -0.273 e. The maximum Gasteiger partial charge on any atom is 0.523 e. The van der Waals surface area contributed by atoms with Gasteiger partial charge in [-0.1, -0.05) is 30.3 Å². The molecule has 1 aromatic carbocycles. The topological polar surface area (TPSA) is 72.9 Å². The highest BCUT2D eigenvalue weighted by atomic mass is 32.2. The molecule has 22 heavy (non-hydrogen) atoms. The molecule has 1 aromatic rings. The van der Waals surface area contributed by atoms with E-state index in [1.54, 1.807) is 30.3 Å². The summed E-state index contributed by atoms with van der Waals surface area (Å²) >= 11 is 0. The first-order valence-corrected chi connectivity index (χ1v) is 7.45. The Balaban J connectivity index is 2.51. The van der Waals surface area contributed by atoms with E-state index in [-0.39, 0.29) is 6.61 Å². The predicted molar refractivity (Wildman–Crippen MR) is 69.5 cm³/mol. The average molecular weight is 341 g/mol. The van der Waals surface area contributed by atoms with Gasteiger partial charge in [0.2, 0.25) is 5.91 Å². The van der Waals surface area contributed by atoms with E-state index in [1.807, 2.05) is 0 Å². The minimum absolute atomic E-state index is 0.00639. The van der Waals surface area contributed by atoms with Gasteiger partial charge in [-0.3, -0.25) is 13.8 Å². The van der Waals surface area contributed by atoms with Crippen molar-refractivity contribution in [2.24, 2.45) is 0 Å². The third-order valence-corrected chi connectivity index (χ3v) is 3.44. The van der Waals surface area contributed by atoms with Crippen molar-refractivity contribution in [2.75, 3.05) is 13.2 Å². The van der Waals surface area contributed by atoms with E-state index in [9.17, 15) is 26.4 Å². The van der Waals surface area contributed by atoms with Crippen molar-refractivity contribution < 1.29 is 35.4 Å². The molecule has 0 aromatic heterocycles. The summed E-state index contributed by atoms with van der Waals surface area (Å²) in [7, 11) is -5.68. The van der Waals surface area contributed by atoms with Crippen LogP contribution in [0, 0.1) is 0 Å². The number of hydrogen-bond donors (Lipinski definition) is 0. The van der Waals surface area contributed by atoms with E-state index in [1.165, 1.54) is 0 Å². The van der Waals surface area contributed by atoms with E-state index in [0.717, 1.165) is 17.6 Å². The van der Waals surface area contributed by atoms with Gasteiger partial charge in [-0.05, 0) is 5.56 Å². The van der Waals surface area contributed by atoms with Crippen LogP contribution in [0.15, 0.2) is 30.3 Å². The number of nitrogens with zero attached hydrogens (tertiary/aromatic N) is 1. The molecule has 6 nitrogen and oxygen atoms in total. The van der Waals surface area contributed by atoms with Crippen LogP contribution in [0.1, 0.15) is 12.5 Å². The van der Waals surface area contributed by atoms with E-state index in [2.05, 4.69) is 4.18 Å². The highest BCUT2D eigenvalue weighted by Gasteiger charge is 2.47. The summed E-state index contributed by atoms with van der Waals surface area (Å²) in [6, 6.07) is 8.72. The van der Waals surface area contributed by atoms with Gasteiger partial charge in [0, 0.05) is 6.92 Å². The molecule has 0 bridgehead atoms. The first kappa shape index (κ1) is 18.4. The zero-order chi connectivity index (χ0) is 16.8. The molecule has 0 N–H and O–H groups in total. The zero-order valence-electron chi connectivity index (χ0n) is 11.5. The van der Waals surface area contributed by atoms with Crippen LogP contribution in [-0.2, 0) is 30.5 Å². The molecule has 0 heterocycles. The highest BCUT2D eigenvalue weighted by Crippen LogP contribution is 2.24. The number of hydroxylamine groups is 2.